The van der Waals surface area contributed by atoms with Gasteiger partial charge in [-0.05, 0) is 24.5 Å². The molecule has 0 bridgehead atoms. The molecule has 0 N–H and O–H groups in total. The maximum absolute atomic E-state index is 12.9. The molecule has 5 nitrogen and oxygen atoms in total. The first-order valence-corrected chi connectivity index (χ1v) is 9.20. The lowest BCUT2D eigenvalue weighted by Gasteiger charge is -2.16. The van der Waals surface area contributed by atoms with Crippen molar-refractivity contribution in [2.24, 2.45) is 0 Å². The highest BCUT2D eigenvalue weighted by atomic mass is 32.1. The molecule has 0 amide bonds. The van der Waals surface area contributed by atoms with Crippen molar-refractivity contribution in [2.45, 2.75) is 32.7 Å². The Bertz CT molecular complexity index is 931. The predicted octanol–water partition coefficient (Wildman–Crippen LogP) is 4.03. The molecule has 1 atom stereocenters. The number of rotatable bonds is 6. The van der Waals surface area contributed by atoms with Gasteiger partial charge in [-0.3, -0.25) is 9.36 Å². The SMILES string of the molecule is CCCOC(=O)C(CC)n1cnc2sc(-c3ccccc3)cc2c1=O. The van der Waals surface area contributed by atoms with Gasteiger partial charge in [-0.1, -0.05) is 44.2 Å². The molecule has 3 rings (SSSR count). The van der Waals surface area contributed by atoms with Crippen LogP contribution < -0.4 is 5.56 Å². The molecule has 0 saturated carbocycles. The molecule has 0 aliphatic carbocycles. The summed E-state index contributed by atoms with van der Waals surface area (Å²) in [6, 6.07) is 11.1. The molecule has 0 saturated heterocycles. The Morgan fingerprint density at radius 3 is 2.72 bits per heavy atom. The van der Waals surface area contributed by atoms with Crippen molar-refractivity contribution >= 4 is 27.5 Å². The first-order chi connectivity index (χ1) is 12.2. The Kier molecular flexibility index (Phi) is 5.28. The third kappa shape index (κ3) is 3.49. The van der Waals surface area contributed by atoms with Gasteiger partial charge >= 0.3 is 5.97 Å². The standard InChI is InChI=1S/C19H20N2O3S/c1-3-10-24-19(23)15(4-2)21-12-20-17-14(18(21)22)11-16(25-17)13-8-6-5-7-9-13/h5-9,11-12,15H,3-4,10H2,1-2H3. The summed E-state index contributed by atoms with van der Waals surface area (Å²) in [5, 5.41) is 0.535. The minimum Gasteiger partial charge on any atom is -0.464 e. The first-order valence-electron chi connectivity index (χ1n) is 8.38. The molecule has 2 heterocycles. The average molecular weight is 356 g/mol. The third-order valence-electron chi connectivity index (χ3n) is 3.98. The lowest BCUT2D eigenvalue weighted by atomic mass is 10.2. The number of carbonyl (C=O) groups excluding carboxylic acids is 1. The monoisotopic (exact) mass is 356 g/mol. The largest absolute Gasteiger partial charge is 0.464 e. The summed E-state index contributed by atoms with van der Waals surface area (Å²) in [5.74, 6) is -0.383. The van der Waals surface area contributed by atoms with Crippen molar-refractivity contribution in [3.63, 3.8) is 0 Å². The normalized spacial score (nSPS) is 12.2. The number of carbonyl (C=O) groups is 1. The van der Waals surface area contributed by atoms with Gasteiger partial charge in [0, 0.05) is 4.88 Å². The summed E-state index contributed by atoms with van der Waals surface area (Å²) in [7, 11) is 0. The van der Waals surface area contributed by atoms with Crippen LogP contribution in [0, 0.1) is 0 Å². The molecule has 25 heavy (non-hydrogen) atoms. The minimum absolute atomic E-state index is 0.205. The van der Waals surface area contributed by atoms with Gasteiger partial charge < -0.3 is 4.74 Å². The zero-order valence-electron chi connectivity index (χ0n) is 14.3. The summed E-state index contributed by atoms with van der Waals surface area (Å²) in [6.45, 7) is 4.15. The summed E-state index contributed by atoms with van der Waals surface area (Å²) in [4.78, 5) is 31.2. The van der Waals surface area contributed by atoms with Gasteiger partial charge in [0.05, 0.1) is 18.3 Å². The number of nitrogens with zero attached hydrogens (tertiary/aromatic N) is 2. The Labute approximate surface area is 149 Å². The van der Waals surface area contributed by atoms with Crippen LogP contribution in [0.15, 0.2) is 47.5 Å². The number of fused-ring (bicyclic) bond motifs is 1. The molecule has 2 aromatic heterocycles. The molecule has 0 aliphatic heterocycles. The van der Waals surface area contributed by atoms with Crippen molar-refractivity contribution in [1.82, 2.24) is 9.55 Å². The summed E-state index contributed by atoms with van der Waals surface area (Å²) >= 11 is 1.47. The van der Waals surface area contributed by atoms with Gasteiger partial charge in [0.1, 0.15) is 10.9 Å². The Morgan fingerprint density at radius 2 is 2.04 bits per heavy atom. The maximum atomic E-state index is 12.9. The molecular weight excluding hydrogens is 336 g/mol. The topological polar surface area (TPSA) is 61.2 Å². The van der Waals surface area contributed by atoms with E-state index in [0.29, 0.717) is 23.2 Å². The average Bonchev–Trinajstić information content (AvgIpc) is 3.08. The van der Waals surface area contributed by atoms with Crippen molar-refractivity contribution in [1.29, 1.82) is 0 Å². The second kappa shape index (κ2) is 7.61. The van der Waals surface area contributed by atoms with E-state index in [4.69, 9.17) is 4.74 Å². The van der Waals surface area contributed by atoms with Gasteiger partial charge in [-0.25, -0.2) is 9.78 Å². The highest BCUT2D eigenvalue weighted by Gasteiger charge is 2.22. The fraction of sp³-hybridized carbons (Fsp3) is 0.316. The maximum Gasteiger partial charge on any atom is 0.329 e. The number of hydrogen-bond acceptors (Lipinski definition) is 5. The molecule has 0 radical (unpaired) electrons. The highest BCUT2D eigenvalue weighted by molar-refractivity contribution is 7.21. The Morgan fingerprint density at radius 1 is 1.28 bits per heavy atom. The number of esters is 1. The number of hydrogen-bond donors (Lipinski definition) is 0. The van der Waals surface area contributed by atoms with Crippen LogP contribution in [0.25, 0.3) is 20.7 Å². The number of aromatic nitrogens is 2. The van der Waals surface area contributed by atoms with Crippen LogP contribution in [0.3, 0.4) is 0 Å². The van der Waals surface area contributed by atoms with Gasteiger partial charge in [-0.2, -0.15) is 0 Å². The summed E-state index contributed by atoms with van der Waals surface area (Å²) in [5.41, 5.74) is 0.842. The fourth-order valence-corrected chi connectivity index (χ4v) is 3.67. The van der Waals surface area contributed by atoms with Crippen LogP contribution in [-0.4, -0.2) is 22.1 Å². The molecule has 130 valence electrons. The van der Waals surface area contributed by atoms with Crippen LogP contribution in [0.4, 0.5) is 0 Å². The summed E-state index contributed by atoms with van der Waals surface area (Å²) < 4.78 is 6.61. The fourth-order valence-electron chi connectivity index (χ4n) is 2.68. The molecule has 1 aromatic carbocycles. The van der Waals surface area contributed by atoms with Gasteiger partial charge in [0.15, 0.2) is 0 Å². The molecule has 0 spiro atoms. The number of ether oxygens (including phenoxy) is 1. The molecular formula is C19H20N2O3S. The lowest BCUT2D eigenvalue weighted by Crippen LogP contribution is -2.31. The smallest absolute Gasteiger partial charge is 0.329 e. The van der Waals surface area contributed by atoms with Crippen molar-refractivity contribution in [2.75, 3.05) is 6.61 Å². The van der Waals surface area contributed by atoms with E-state index in [-0.39, 0.29) is 11.5 Å². The van der Waals surface area contributed by atoms with Gasteiger partial charge in [0.2, 0.25) is 0 Å². The highest BCUT2D eigenvalue weighted by Crippen LogP contribution is 2.30. The van der Waals surface area contributed by atoms with E-state index in [1.54, 1.807) is 0 Å². The Balaban J connectivity index is 2.02. The second-order valence-corrected chi connectivity index (χ2v) is 6.77. The third-order valence-corrected chi connectivity index (χ3v) is 5.07. The number of thiophene rings is 1. The predicted molar refractivity (Wildman–Crippen MR) is 99.9 cm³/mol. The lowest BCUT2D eigenvalue weighted by molar-refractivity contribution is -0.147. The van der Waals surface area contributed by atoms with Gasteiger partial charge in [0.25, 0.3) is 5.56 Å². The molecule has 3 aromatic rings. The van der Waals surface area contributed by atoms with E-state index in [0.717, 1.165) is 16.9 Å². The van der Waals surface area contributed by atoms with E-state index in [1.165, 1.54) is 22.2 Å². The Hall–Kier alpha value is -2.47. The minimum atomic E-state index is -0.643. The first kappa shape index (κ1) is 17.4. The van der Waals surface area contributed by atoms with Crippen LogP contribution >= 0.6 is 11.3 Å². The van der Waals surface area contributed by atoms with E-state index in [2.05, 4.69) is 4.98 Å². The van der Waals surface area contributed by atoms with E-state index < -0.39 is 6.04 Å². The van der Waals surface area contributed by atoms with Crippen molar-refractivity contribution in [3.8, 4) is 10.4 Å². The second-order valence-electron chi connectivity index (χ2n) is 5.74. The quantitative estimate of drug-likeness (QED) is 0.626. The molecule has 6 heteroatoms. The zero-order chi connectivity index (χ0) is 17.8. The van der Waals surface area contributed by atoms with E-state index in [1.807, 2.05) is 50.2 Å². The summed E-state index contributed by atoms with van der Waals surface area (Å²) in [6.07, 6.45) is 2.68. The van der Waals surface area contributed by atoms with Crippen molar-refractivity contribution < 1.29 is 9.53 Å². The van der Waals surface area contributed by atoms with Crippen molar-refractivity contribution in [3.05, 3.63) is 53.1 Å². The van der Waals surface area contributed by atoms with Crippen LogP contribution in [0.5, 0.6) is 0 Å². The molecule has 1 unspecified atom stereocenters. The molecule has 0 fully saturated rings. The van der Waals surface area contributed by atoms with E-state index in [9.17, 15) is 9.59 Å². The zero-order valence-corrected chi connectivity index (χ0v) is 15.1. The number of benzene rings is 1. The van der Waals surface area contributed by atoms with Crippen LogP contribution in [0.2, 0.25) is 0 Å². The molecule has 0 aliphatic rings. The van der Waals surface area contributed by atoms with Crippen LogP contribution in [-0.2, 0) is 9.53 Å². The van der Waals surface area contributed by atoms with Crippen LogP contribution in [0.1, 0.15) is 32.7 Å². The van der Waals surface area contributed by atoms with E-state index >= 15 is 0 Å². The van der Waals surface area contributed by atoms with Gasteiger partial charge in [-0.15, -0.1) is 11.3 Å².